The molecule has 1 saturated heterocycles. The molecule has 1 aromatic heterocycles. The summed E-state index contributed by atoms with van der Waals surface area (Å²) >= 11 is 1.49. The number of thiophene rings is 1. The first-order valence-electron chi connectivity index (χ1n) is 9.03. The van der Waals surface area contributed by atoms with E-state index in [-0.39, 0.29) is 24.3 Å². The maximum absolute atomic E-state index is 13.0. The third-order valence-electron chi connectivity index (χ3n) is 5.69. The molecule has 0 N–H and O–H groups in total. The number of fused-ring (bicyclic) bond motifs is 1. The van der Waals surface area contributed by atoms with Gasteiger partial charge in [0.1, 0.15) is 0 Å². The van der Waals surface area contributed by atoms with E-state index in [9.17, 15) is 18.0 Å². The highest BCUT2D eigenvalue weighted by Crippen LogP contribution is 2.41. The Labute approximate surface area is 151 Å². The van der Waals surface area contributed by atoms with Crippen LogP contribution in [0.1, 0.15) is 60.1 Å². The molecule has 0 radical (unpaired) electrons. The molecule has 140 valence electrons. The van der Waals surface area contributed by atoms with E-state index in [0.717, 1.165) is 19.3 Å². The van der Waals surface area contributed by atoms with E-state index in [1.165, 1.54) is 26.7 Å². The Morgan fingerprint density at radius 3 is 2.56 bits per heavy atom. The van der Waals surface area contributed by atoms with Crippen molar-refractivity contribution in [1.29, 1.82) is 0 Å². The van der Waals surface area contributed by atoms with Gasteiger partial charge in [-0.15, -0.1) is 11.3 Å². The molecule has 1 aromatic rings. The van der Waals surface area contributed by atoms with Crippen LogP contribution in [0.25, 0.3) is 0 Å². The van der Waals surface area contributed by atoms with Crippen LogP contribution in [-0.2, 0) is 12.8 Å². The second-order valence-corrected chi connectivity index (χ2v) is 9.63. The topological polar surface area (TPSA) is 20.3 Å². The maximum atomic E-state index is 13.0. The Kier molecular flexibility index (Phi) is 4.95. The monoisotopic (exact) mass is 373 g/mol. The molecule has 1 aliphatic carbocycles. The Bertz CT molecular complexity index is 644. The summed E-state index contributed by atoms with van der Waals surface area (Å²) < 4.78 is 39.0. The summed E-state index contributed by atoms with van der Waals surface area (Å²) in [5.41, 5.74) is 1.46. The Morgan fingerprint density at radius 2 is 1.92 bits per heavy atom. The lowest BCUT2D eigenvalue weighted by Gasteiger charge is -2.33. The number of nitrogens with zero attached hydrogens (tertiary/aromatic N) is 1. The molecular weight excluding hydrogens is 347 g/mol. The van der Waals surface area contributed by atoms with E-state index < -0.39 is 12.1 Å². The second-order valence-electron chi connectivity index (χ2n) is 8.50. The molecular formula is C19H26F3NOS. The van der Waals surface area contributed by atoms with Crippen molar-refractivity contribution in [2.45, 2.75) is 59.1 Å². The van der Waals surface area contributed by atoms with E-state index in [1.54, 1.807) is 0 Å². The molecule has 1 fully saturated rings. The summed E-state index contributed by atoms with van der Waals surface area (Å²) in [4.78, 5) is 16.0. The third-order valence-corrected chi connectivity index (χ3v) is 6.91. The number of piperidine rings is 1. The fourth-order valence-corrected chi connectivity index (χ4v) is 5.13. The molecule has 1 aliphatic heterocycles. The second kappa shape index (κ2) is 6.60. The van der Waals surface area contributed by atoms with Gasteiger partial charge in [-0.05, 0) is 55.1 Å². The van der Waals surface area contributed by atoms with Crippen LogP contribution in [0.15, 0.2) is 6.07 Å². The standard InChI is InChI=1S/C19H26F3NOS/c1-18(2,3)13-6-7-15-12(9-13)10-16(25-15)17(24)23-8-4-5-14(11-23)19(20,21)22/h10,13-14H,4-9,11H2,1-3H3. The highest BCUT2D eigenvalue weighted by Gasteiger charge is 2.43. The highest BCUT2D eigenvalue weighted by molar-refractivity contribution is 7.14. The van der Waals surface area contributed by atoms with Gasteiger partial charge in [0, 0.05) is 18.0 Å². The van der Waals surface area contributed by atoms with Crippen molar-refractivity contribution in [3.8, 4) is 0 Å². The first kappa shape index (κ1) is 18.7. The van der Waals surface area contributed by atoms with E-state index >= 15 is 0 Å². The normalized spacial score (nSPS) is 25.0. The minimum Gasteiger partial charge on any atom is -0.337 e. The van der Waals surface area contributed by atoms with Crippen LogP contribution in [0.3, 0.4) is 0 Å². The largest absolute Gasteiger partial charge is 0.393 e. The number of hydrogen-bond donors (Lipinski definition) is 0. The van der Waals surface area contributed by atoms with Gasteiger partial charge in [-0.2, -0.15) is 13.2 Å². The fraction of sp³-hybridized carbons (Fsp3) is 0.737. The SMILES string of the molecule is CC(C)(C)C1CCc2sc(C(=O)N3CCCC(C(F)(F)F)C3)cc2C1. The molecule has 0 aromatic carbocycles. The molecule has 2 atom stereocenters. The average molecular weight is 373 g/mol. The predicted octanol–water partition coefficient (Wildman–Crippen LogP) is 5.31. The van der Waals surface area contributed by atoms with E-state index in [0.29, 0.717) is 23.8 Å². The van der Waals surface area contributed by atoms with Crippen LogP contribution in [0.5, 0.6) is 0 Å². The molecule has 2 unspecified atom stereocenters. The number of carbonyl (C=O) groups excluding carboxylic acids is 1. The van der Waals surface area contributed by atoms with E-state index in [4.69, 9.17) is 0 Å². The van der Waals surface area contributed by atoms with Crippen LogP contribution < -0.4 is 0 Å². The summed E-state index contributed by atoms with van der Waals surface area (Å²) in [5, 5.41) is 0. The molecule has 2 heterocycles. The van der Waals surface area contributed by atoms with Gasteiger partial charge in [0.2, 0.25) is 0 Å². The number of carbonyl (C=O) groups is 1. The average Bonchev–Trinajstić information content (AvgIpc) is 2.95. The van der Waals surface area contributed by atoms with Crippen LogP contribution in [-0.4, -0.2) is 30.1 Å². The molecule has 0 spiro atoms. The van der Waals surface area contributed by atoms with Gasteiger partial charge in [-0.1, -0.05) is 20.8 Å². The van der Waals surface area contributed by atoms with Gasteiger partial charge >= 0.3 is 6.18 Å². The smallest absolute Gasteiger partial charge is 0.337 e. The van der Waals surface area contributed by atoms with Crippen molar-refractivity contribution in [2.24, 2.45) is 17.3 Å². The van der Waals surface area contributed by atoms with Crippen molar-refractivity contribution in [1.82, 2.24) is 4.90 Å². The number of amides is 1. The maximum Gasteiger partial charge on any atom is 0.393 e. The number of aryl methyl sites for hydroxylation is 1. The van der Waals surface area contributed by atoms with Crippen molar-refractivity contribution in [2.75, 3.05) is 13.1 Å². The van der Waals surface area contributed by atoms with Gasteiger partial charge in [0.15, 0.2) is 0 Å². The van der Waals surface area contributed by atoms with Crippen molar-refractivity contribution in [3.05, 3.63) is 21.4 Å². The highest BCUT2D eigenvalue weighted by atomic mass is 32.1. The Hall–Kier alpha value is -1.04. The number of alkyl halides is 3. The fourth-order valence-electron chi connectivity index (χ4n) is 3.95. The Balaban J connectivity index is 1.73. The van der Waals surface area contributed by atoms with E-state index in [1.807, 2.05) is 6.07 Å². The lowest BCUT2D eigenvalue weighted by atomic mass is 9.72. The first-order chi connectivity index (χ1) is 11.6. The molecule has 1 amide bonds. The van der Waals surface area contributed by atoms with Crippen LogP contribution in [0, 0.1) is 17.3 Å². The van der Waals surface area contributed by atoms with Gasteiger partial charge < -0.3 is 4.90 Å². The lowest BCUT2D eigenvalue weighted by molar-refractivity contribution is -0.184. The third kappa shape index (κ3) is 4.04. The Morgan fingerprint density at radius 1 is 1.20 bits per heavy atom. The van der Waals surface area contributed by atoms with Crippen molar-refractivity contribution < 1.29 is 18.0 Å². The summed E-state index contributed by atoms with van der Waals surface area (Å²) in [5.74, 6) is -1.02. The molecule has 3 rings (SSSR count). The zero-order chi connectivity index (χ0) is 18.4. The van der Waals surface area contributed by atoms with Gasteiger partial charge in [-0.3, -0.25) is 4.79 Å². The minimum atomic E-state index is -4.21. The van der Waals surface area contributed by atoms with Crippen LogP contribution in [0.2, 0.25) is 0 Å². The number of halogens is 3. The van der Waals surface area contributed by atoms with Crippen molar-refractivity contribution >= 4 is 17.2 Å². The zero-order valence-corrected chi connectivity index (χ0v) is 15.9. The molecule has 2 aliphatic rings. The predicted molar refractivity (Wildman–Crippen MR) is 94.0 cm³/mol. The molecule has 6 heteroatoms. The number of hydrogen-bond acceptors (Lipinski definition) is 2. The summed E-state index contributed by atoms with van der Waals surface area (Å²) in [6.07, 6.45) is -0.610. The van der Waals surface area contributed by atoms with E-state index in [2.05, 4.69) is 20.8 Å². The van der Waals surface area contributed by atoms with Crippen LogP contribution >= 0.6 is 11.3 Å². The van der Waals surface area contributed by atoms with Gasteiger partial charge in [0.05, 0.1) is 10.8 Å². The summed E-state index contributed by atoms with van der Waals surface area (Å²) in [6, 6.07) is 1.94. The number of likely N-dealkylation sites (tertiary alicyclic amines) is 1. The minimum absolute atomic E-state index is 0.126. The molecule has 0 bridgehead atoms. The number of rotatable bonds is 1. The van der Waals surface area contributed by atoms with Crippen LogP contribution in [0.4, 0.5) is 13.2 Å². The molecule has 0 saturated carbocycles. The zero-order valence-electron chi connectivity index (χ0n) is 15.1. The molecule has 2 nitrogen and oxygen atoms in total. The quantitative estimate of drug-likeness (QED) is 0.653. The summed E-state index contributed by atoms with van der Waals surface area (Å²) in [7, 11) is 0. The van der Waals surface area contributed by atoms with Gasteiger partial charge in [0.25, 0.3) is 5.91 Å². The first-order valence-corrected chi connectivity index (χ1v) is 9.85. The summed E-state index contributed by atoms with van der Waals surface area (Å²) in [6.45, 7) is 6.96. The lowest BCUT2D eigenvalue weighted by Crippen LogP contribution is -2.44. The molecule has 25 heavy (non-hydrogen) atoms. The van der Waals surface area contributed by atoms with Gasteiger partial charge in [-0.25, -0.2) is 0 Å². The van der Waals surface area contributed by atoms with Crippen molar-refractivity contribution in [3.63, 3.8) is 0 Å².